The first-order chi connectivity index (χ1) is 10.2. The van der Waals surface area contributed by atoms with E-state index < -0.39 is 5.97 Å². The second kappa shape index (κ2) is 5.66. The van der Waals surface area contributed by atoms with Crippen molar-refractivity contribution >= 4 is 23.4 Å². The van der Waals surface area contributed by atoms with Crippen molar-refractivity contribution in [2.75, 3.05) is 4.90 Å². The molecule has 0 atom stereocenters. The molecule has 1 aliphatic heterocycles. The van der Waals surface area contributed by atoms with Gasteiger partial charge in [-0.2, -0.15) is 0 Å². The minimum Gasteiger partial charge on any atom is -0.478 e. The van der Waals surface area contributed by atoms with E-state index in [0.717, 1.165) is 17.8 Å². The summed E-state index contributed by atoms with van der Waals surface area (Å²) in [4.78, 5) is 14.6. The first-order valence-corrected chi connectivity index (χ1v) is 7.55. The topological polar surface area (TPSA) is 40.5 Å². The quantitative estimate of drug-likeness (QED) is 0.898. The van der Waals surface area contributed by atoms with Gasteiger partial charge < -0.3 is 10.0 Å². The van der Waals surface area contributed by atoms with Crippen LogP contribution < -0.4 is 4.90 Å². The molecular weight excluding hydrogens is 282 g/mol. The molecule has 0 amide bonds. The summed E-state index contributed by atoms with van der Waals surface area (Å²) in [5.74, 6) is -0.886. The van der Waals surface area contributed by atoms with Crippen molar-refractivity contribution in [3.63, 3.8) is 0 Å². The lowest BCUT2D eigenvalue weighted by Crippen LogP contribution is -2.17. The lowest BCUT2D eigenvalue weighted by atomic mass is 10.1. The average molecular weight is 297 g/mol. The lowest BCUT2D eigenvalue weighted by Gasteiger charge is -2.22. The number of hydrogen-bond acceptors (Lipinski definition) is 3. The van der Waals surface area contributed by atoms with Crippen LogP contribution in [0.5, 0.6) is 0 Å². The van der Waals surface area contributed by atoms with Crippen LogP contribution in [0, 0.1) is 6.92 Å². The molecule has 0 saturated carbocycles. The van der Waals surface area contributed by atoms with E-state index in [9.17, 15) is 9.90 Å². The van der Waals surface area contributed by atoms with E-state index in [0.29, 0.717) is 5.56 Å². The third-order valence-electron chi connectivity index (χ3n) is 3.59. The fourth-order valence-electron chi connectivity index (χ4n) is 2.49. The van der Waals surface area contributed by atoms with Gasteiger partial charge in [-0.05, 0) is 41.7 Å². The molecule has 1 N–H and O–H groups in total. The molecular formula is C17H15NO2S. The minimum atomic E-state index is -0.886. The van der Waals surface area contributed by atoms with Gasteiger partial charge >= 0.3 is 5.97 Å². The Hall–Kier alpha value is -2.20. The van der Waals surface area contributed by atoms with Crippen LogP contribution in [-0.4, -0.2) is 11.1 Å². The van der Waals surface area contributed by atoms with Crippen molar-refractivity contribution in [3.05, 3.63) is 70.8 Å². The zero-order valence-electron chi connectivity index (χ0n) is 11.6. The summed E-state index contributed by atoms with van der Waals surface area (Å²) in [5.41, 5.74) is 3.32. The maximum atomic E-state index is 11.3. The van der Waals surface area contributed by atoms with Crippen LogP contribution in [0.1, 0.15) is 21.5 Å². The van der Waals surface area contributed by atoms with Gasteiger partial charge in [0.2, 0.25) is 0 Å². The maximum Gasteiger partial charge on any atom is 0.336 e. The Morgan fingerprint density at radius 2 is 2.00 bits per heavy atom. The lowest BCUT2D eigenvalue weighted by molar-refractivity contribution is 0.0696. The molecule has 2 aromatic rings. The summed E-state index contributed by atoms with van der Waals surface area (Å²) in [6.07, 6.45) is 2.01. The molecule has 2 aromatic carbocycles. The number of fused-ring (bicyclic) bond motifs is 1. The number of anilines is 1. The third-order valence-corrected chi connectivity index (χ3v) is 4.50. The van der Waals surface area contributed by atoms with Gasteiger partial charge in [-0.15, -0.1) is 0 Å². The van der Waals surface area contributed by atoms with Crippen LogP contribution in [-0.2, 0) is 6.54 Å². The van der Waals surface area contributed by atoms with E-state index in [1.165, 1.54) is 10.5 Å². The number of benzene rings is 2. The third kappa shape index (κ3) is 2.67. The van der Waals surface area contributed by atoms with Gasteiger partial charge in [0.05, 0.1) is 5.56 Å². The zero-order valence-corrected chi connectivity index (χ0v) is 12.4. The van der Waals surface area contributed by atoms with Crippen LogP contribution in [0.25, 0.3) is 0 Å². The van der Waals surface area contributed by atoms with Gasteiger partial charge in [0.1, 0.15) is 0 Å². The highest BCUT2D eigenvalue weighted by Crippen LogP contribution is 2.32. The van der Waals surface area contributed by atoms with Crippen molar-refractivity contribution in [2.24, 2.45) is 0 Å². The number of carbonyl (C=O) groups is 1. The highest BCUT2D eigenvalue weighted by Gasteiger charge is 2.16. The van der Waals surface area contributed by atoms with Gasteiger partial charge in [-0.3, -0.25) is 0 Å². The van der Waals surface area contributed by atoms with Crippen molar-refractivity contribution < 1.29 is 9.90 Å². The normalized spacial score (nSPS) is 13.7. The molecule has 0 bridgehead atoms. The Kier molecular flexibility index (Phi) is 3.71. The molecule has 106 valence electrons. The maximum absolute atomic E-state index is 11.3. The van der Waals surface area contributed by atoms with E-state index in [1.54, 1.807) is 23.9 Å². The van der Waals surface area contributed by atoms with Crippen molar-refractivity contribution in [2.45, 2.75) is 18.4 Å². The number of aromatic carboxylic acids is 1. The van der Waals surface area contributed by atoms with Crippen LogP contribution >= 0.6 is 11.8 Å². The molecule has 0 radical (unpaired) electrons. The Labute approximate surface area is 127 Å². The molecule has 0 spiro atoms. The first kappa shape index (κ1) is 13.8. The predicted molar refractivity (Wildman–Crippen MR) is 85.8 cm³/mol. The van der Waals surface area contributed by atoms with E-state index >= 15 is 0 Å². The molecule has 1 heterocycles. The molecule has 0 aliphatic carbocycles. The van der Waals surface area contributed by atoms with E-state index in [-0.39, 0.29) is 0 Å². The van der Waals surface area contributed by atoms with Crippen LogP contribution in [0.15, 0.2) is 59.0 Å². The second-order valence-electron chi connectivity index (χ2n) is 4.89. The largest absolute Gasteiger partial charge is 0.478 e. The second-order valence-corrected chi connectivity index (χ2v) is 5.84. The molecule has 0 aromatic heterocycles. The summed E-state index contributed by atoms with van der Waals surface area (Å²) in [7, 11) is 0. The highest BCUT2D eigenvalue weighted by atomic mass is 32.2. The van der Waals surface area contributed by atoms with E-state index in [2.05, 4.69) is 17.0 Å². The van der Waals surface area contributed by atoms with Crippen molar-refractivity contribution in [1.29, 1.82) is 0 Å². The molecule has 0 fully saturated rings. The van der Waals surface area contributed by atoms with Gasteiger partial charge in [0.15, 0.2) is 0 Å². The molecule has 1 aliphatic rings. The van der Waals surface area contributed by atoms with Gasteiger partial charge in [-0.1, -0.05) is 36.0 Å². The number of thioether (sulfide) groups is 1. The number of carboxylic acids is 1. The summed E-state index contributed by atoms with van der Waals surface area (Å²) in [6, 6.07) is 13.7. The number of rotatable bonds is 2. The van der Waals surface area contributed by atoms with Crippen molar-refractivity contribution in [3.8, 4) is 0 Å². The van der Waals surface area contributed by atoms with Gasteiger partial charge in [-0.25, -0.2) is 4.79 Å². The van der Waals surface area contributed by atoms with E-state index in [1.807, 2.05) is 36.7 Å². The standard InChI is InChI=1S/C17H15NO2S/c1-12-14(17(19)20)6-4-7-15(12)18-9-10-21-16-8-3-2-5-13(16)11-18/h2-10H,11H2,1H3,(H,19,20). The fraction of sp³-hybridized carbons (Fsp3) is 0.118. The first-order valence-electron chi connectivity index (χ1n) is 6.67. The van der Waals surface area contributed by atoms with Crippen LogP contribution in [0.3, 0.4) is 0 Å². The summed E-state index contributed by atoms with van der Waals surface area (Å²) < 4.78 is 0. The molecule has 4 heteroatoms. The highest BCUT2D eigenvalue weighted by molar-refractivity contribution is 8.02. The Balaban J connectivity index is 2.02. The van der Waals surface area contributed by atoms with Crippen LogP contribution in [0.4, 0.5) is 5.69 Å². The number of carboxylic acid groups (broad SMARTS) is 1. The summed E-state index contributed by atoms with van der Waals surface area (Å²) in [6.45, 7) is 2.60. The molecule has 3 rings (SSSR count). The van der Waals surface area contributed by atoms with Crippen molar-refractivity contribution in [1.82, 2.24) is 0 Å². The molecule has 21 heavy (non-hydrogen) atoms. The minimum absolute atomic E-state index is 0.353. The fourth-order valence-corrected chi connectivity index (χ4v) is 3.29. The Morgan fingerprint density at radius 3 is 2.81 bits per heavy atom. The summed E-state index contributed by atoms with van der Waals surface area (Å²) >= 11 is 1.69. The average Bonchev–Trinajstić information content (AvgIpc) is 2.69. The van der Waals surface area contributed by atoms with Crippen LogP contribution in [0.2, 0.25) is 0 Å². The number of nitrogens with zero attached hydrogens (tertiary/aromatic N) is 1. The predicted octanol–water partition coefficient (Wildman–Crippen LogP) is 4.28. The Bertz CT molecular complexity index is 724. The smallest absolute Gasteiger partial charge is 0.336 e. The SMILES string of the molecule is Cc1c(C(=O)O)cccc1N1C=CSc2ccccc2C1. The zero-order chi connectivity index (χ0) is 14.8. The van der Waals surface area contributed by atoms with Gasteiger partial charge in [0.25, 0.3) is 0 Å². The Morgan fingerprint density at radius 1 is 1.19 bits per heavy atom. The molecule has 0 unspecified atom stereocenters. The summed E-state index contributed by atoms with van der Waals surface area (Å²) in [5, 5.41) is 11.3. The number of hydrogen-bond donors (Lipinski definition) is 1. The monoisotopic (exact) mass is 297 g/mol. The molecule has 0 saturated heterocycles. The van der Waals surface area contributed by atoms with E-state index in [4.69, 9.17) is 0 Å². The molecule has 3 nitrogen and oxygen atoms in total. The van der Waals surface area contributed by atoms with Gasteiger partial charge in [0, 0.05) is 23.3 Å².